The molecule has 5 nitrogen and oxygen atoms in total. The zero-order chi connectivity index (χ0) is 22.8. The highest BCUT2D eigenvalue weighted by Crippen LogP contribution is 2.33. The fourth-order valence-corrected chi connectivity index (χ4v) is 4.85. The Labute approximate surface area is 192 Å². The van der Waals surface area contributed by atoms with Crippen molar-refractivity contribution in [3.8, 4) is 11.3 Å². The highest BCUT2D eigenvalue weighted by atomic mass is 19.1. The largest absolute Gasteiger partial charge is 0.461 e. The second kappa shape index (κ2) is 9.22. The van der Waals surface area contributed by atoms with Crippen molar-refractivity contribution in [2.75, 3.05) is 11.9 Å². The number of hydrogen-bond acceptors (Lipinski definition) is 3. The second-order valence-electron chi connectivity index (χ2n) is 8.95. The van der Waals surface area contributed by atoms with Crippen molar-refractivity contribution in [1.29, 1.82) is 0 Å². The minimum atomic E-state index is -0.450. The highest BCUT2D eigenvalue weighted by Gasteiger charge is 2.30. The Morgan fingerprint density at radius 2 is 1.82 bits per heavy atom. The first-order valence-corrected chi connectivity index (χ1v) is 11.6. The van der Waals surface area contributed by atoms with Crippen molar-refractivity contribution in [2.45, 2.75) is 45.1 Å². The molecule has 0 saturated heterocycles. The van der Waals surface area contributed by atoms with E-state index in [9.17, 15) is 14.0 Å². The number of nitrogens with zero attached hydrogens (tertiary/aromatic N) is 1. The molecule has 1 N–H and O–H groups in total. The molecule has 1 fully saturated rings. The zero-order valence-electron chi connectivity index (χ0n) is 18.5. The van der Waals surface area contributed by atoms with E-state index in [-0.39, 0.29) is 23.3 Å². The van der Waals surface area contributed by atoms with Crippen molar-refractivity contribution < 1.29 is 18.4 Å². The highest BCUT2D eigenvalue weighted by molar-refractivity contribution is 6.04. The maximum absolute atomic E-state index is 13.4. The van der Waals surface area contributed by atoms with E-state index in [0.29, 0.717) is 31.0 Å². The monoisotopic (exact) mass is 446 g/mol. The molecule has 2 aromatic carbocycles. The summed E-state index contributed by atoms with van der Waals surface area (Å²) in [5.41, 5.74) is 2.75. The number of benzene rings is 2. The van der Waals surface area contributed by atoms with E-state index in [1.807, 2.05) is 29.2 Å². The van der Waals surface area contributed by atoms with Crippen LogP contribution in [0.3, 0.4) is 0 Å². The summed E-state index contributed by atoms with van der Waals surface area (Å²) in [6, 6.07) is 15.0. The van der Waals surface area contributed by atoms with Crippen molar-refractivity contribution in [1.82, 2.24) is 4.90 Å². The van der Waals surface area contributed by atoms with Crippen LogP contribution in [0.4, 0.5) is 10.1 Å². The lowest BCUT2D eigenvalue weighted by molar-refractivity contribution is -0.137. The Morgan fingerprint density at radius 3 is 2.64 bits per heavy atom. The van der Waals surface area contributed by atoms with Crippen LogP contribution >= 0.6 is 0 Å². The lowest BCUT2D eigenvalue weighted by Gasteiger charge is -2.31. The lowest BCUT2D eigenvalue weighted by atomic mass is 9.88. The molecule has 1 aromatic heterocycles. The van der Waals surface area contributed by atoms with Crippen LogP contribution in [0.1, 0.15) is 53.8 Å². The summed E-state index contributed by atoms with van der Waals surface area (Å²) >= 11 is 0. The van der Waals surface area contributed by atoms with Gasteiger partial charge in [0.2, 0.25) is 5.91 Å². The van der Waals surface area contributed by atoms with Crippen LogP contribution in [-0.4, -0.2) is 23.3 Å². The third-order valence-electron chi connectivity index (χ3n) is 6.62. The third-order valence-corrected chi connectivity index (χ3v) is 6.62. The minimum Gasteiger partial charge on any atom is -0.461 e. The molecule has 1 aliphatic carbocycles. The second-order valence-corrected chi connectivity index (χ2v) is 8.95. The topological polar surface area (TPSA) is 62.6 Å². The molecule has 2 amide bonds. The van der Waals surface area contributed by atoms with E-state index in [4.69, 9.17) is 4.42 Å². The summed E-state index contributed by atoms with van der Waals surface area (Å²) in [7, 11) is 0. The fourth-order valence-electron chi connectivity index (χ4n) is 4.85. The van der Waals surface area contributed by atoms with Gasteiger partial charge in [-0.1, -0.05) is 37.5 Å². The summed E-state index contributed by atoms with van der Waals surface area (Å²) in [4.78, 5) is 27.4. The molecule has 0 radical (unpaired) electrons. The van der Waals surface area contributed by atoms with Crippen LogP contribution in [0.25, 0.3) is 11.3 Å². The van der Waals surface area contributed by atoms with Crippen LogP contribution in [0, 0.1) is 11.7 Å². The number of fused-ring (bicyclic) bond motifs is 1. The zero-order valence-corrected chi connectivity index (χ0v) is 18.5. The minimum absolute atomic E-state index is 0.171. The predicted octanol–water partition coefficient (Wildman–Crippen LogP) is 5.80. The lowest BCUT2D eigenvalue weighted by Crippen LogP contribution is -2.40. The summed E-state index contributed by atoms with van der Waals surface area (Å²) in [5, 5.41) is 2.82. The average Bonchev–Trinajstić information content (AvgIpc) is 3.28. The molecule has 1 aliphatic heterocycles. The van der Waals surface area contributed by atoms with Crippen molar-refractivity contribution >= 4 is 17.5 Å². The molecular weight excluding hydrogens is 419 g/mol. The van der Waals surface area contributed by atoms with Gasteiger partial charge in [-0.05, 0) is 49.2 Å². The molecule has 0 spiro atoms. The number of amides is 2. The van der Waals surface area contributed by atoms with Gasteiger partial charge in [-0.2, -0.15) is 0 Å². The SMILES string of the molecule is O=C(Nc1cccc(-c2cc3c(o2)CCN(C(=O)C2CCCCC2)C3)c1)c1cccc(F)c1. The smallest absolute Gasteiger partial charge is 0.255 e. The van der Waals surface area contributed by atoms with Crippen molar-refractivity contribution in [3.63, 3.8) is 0 Å². The van der Waals surface area contributed by atoms with Crippen LogP contribution in [0.15, 0.2) is 59.0 Å². The van der Waals surface area contributed by atoms with Crippen molar-refractivity contribution in [2.24, 2.45) is 5.92 Å². The van der Waals surface area contributed by atoms with Gasteiger partial charge >= 0.3 is 0 Å². The first-order valence-electron chi connectivity index (χ1n) is 11.6. The number of carbonyl (C=O) groups is 2. The number of carbonyl (C=O) groups excluding carboxylic acids is 2. The molecule has 0 unspecified atom stereocenters. The van der Waals surface area contributed by atoms with Crippen LogP contribution < -0.4 is 5.32 Å². The predicted molar refractivity (Wildman–Crippen MR) is 124 cm³/mol. The quantitative estimate of drug-likeness (QED) is 0.551. The molecule has 0 atom stereocenters. The maximum Gasteiger partial charge on any atom is 0.255 e. The first-order chi connectivity index (χ1) is 16.1. The molecule has 0 bridgehead atoms. The molecule has 1 saturated carbocycles. The normalized spacial score (nSPS) is 16.3. The summed E-state index contributed by atoms with van der Waals surface area (Å²) in [6.45, 7) is 1.28. The van der Waals surface area contributed by atoms with Gasteiger partial charge < -0.3 is 14.6 Å². The first kappa shape index (κ1) is 21.4. The van der Waals surface area contributed by atoms with E-state index in [1.54, 1.807) is 12.1 Å². The molecule has 170 valence electrons. The maximum atomic E-state index is 13.4. The number of rotatable bonds is 4. The fraction of sp³-hybridized carbons (Fsp3) is 0.333. The third kappa shape index (κ3) is 4.70. The van der Waals surface area contributed by atoms with Gasteiger partial charge in [-0.3, -0.25) is 9.59 Å². The number of halogens is 1. The van der Waals surface area contributed by atoms with Crippen LogP contribution in [0.2, 0.25) is 0 Å². The number of hydrogen-bond donors (Lipinski definition) is 1. The van der Waals surface area contributed by atoms with E-state index < -0.39 is 5.82 Å². The number of furan rings is 1. The summed E-state index contributed by atoms with van der Waals surface area (Å²) in [5.74, 6) is 1.27. The average molecular weight is 447 g/mol. The molecule has 3 aromatic rings. The van der Waals surface area contributed by atoms with Gasteiger partial charge in [0.25, 0.3) is 5.91 Å². The molecule has 6 heteroatoms. The van der Waals surface area contributed by atoms with Gasteiger partial charge in [0.1, 0.15) is 17.3 Å². The Balaban J connectivity index is 1.30. The molecule has 2 aliphatic rings. The number of anilines is 1. The van der Waals surface area contributed by atoms with E-state index in [2.05, 4.69) is 5.32 Å². The van der Waals surface area contributed by atoms with Crippen molar-refractivity contribution in [3.05, 3.63) is 77.3 Å². The Kier molecular flexibility index (Phi) is 5.99. The van der Waals surface area contributed by atoms with Gasteiger partial charge in [0.15, 0.2) is 0 Å². The van der Waals surface area contributed by atoms with E-state index in [0.717, 1.165) is 42.6 Å². The van der Waals surface area contributed by atoms with Gasteiger partial charge in [-0.25, -0.2) is 4.39 Å². The number of nitrogens with one attached hydrogen (secondary N) is 1. The van der Waals surface area contributed by atoms with Gasteiger partial charge in [-0.15, -0.1) is 0 Å². The molecule has 33 heavy (non-hydrogen) atoms. The van der Waals surface area contributed by atoms with Crippen LogP contribution in [-0.2, 0) is 17.8 Å². The van der Waals surface area contributed by atoms with Gasteiger partial charge in [0, 0.05) is 47.8 Å². The molecule has 2 heterocycles. The van der Waals surface area contributed by atoms with E-state index >= 15 is 0 Å². The molecule has 5 rings (SSSR count). The Bertz CT molecular complexity index is 1180. The Hall–Kier alpha value is -3.41. The summed E-state index contributed by atoms with van der Waals surface area (Å²) < 4.78 is 19.6. The molecular formula is C27H27FN2O3. The summed E-state index contributed by atoms with van der Waals surface area (Å²) in [6.07, 6.45) is 6.26. The standard InChI is InChI=1S/C27H27FN2O3/c28-22-10-4-9-20(14-22)26(31)29-23-11-5-8-19(15-23)25-16-21-17-30(13-12-24(21)33-25)27(32)18-6-2-1-3-7-18/h4-5,8-11,14-16,18H,1-3,6-7,12-13,17H2,(H,29,31). The van der Waals surface area contributed by atoms with Crippen LogP contribution in [0.5, 0.6) is 0 Å². The Morgan fingerprint density at radius 1 is 1.00 bits per heavy atom. The van der Waals surface area contributed by atoms with E-state index in [1.165, 1.54) is 24.6 Å². The van der Waals surface area contributed by atoms with Gasteiger partial charge in [0.05, 0.1) is 0 Å².